The van der Waals surface area contributed by atoms with Gasteiger partial charge in [0.2, 0.25) is 35.4 Å². The van der Waals surface area contributed by atoms with E-state index in [-0.39, 0.29) is 31.1 Å². The molecule has 0 radical (unpaired) electrons. The van der Waals surface area contributed by atoms with E-state index in [1.165, 1.54) is 4.90 Å². The van der Waals surface area contributed by atoms with Crippen LogP contribution in [0.2, 0.25) is 0 Å². The Bertz CT molecular complexity index is 847. The van der Waals surface area contributed by atoms with Gasteiger partial charge < -0.3 is 38.1 Å². The van der Waals surface area contributed by atoms with Gasteiger partial charge in [-0.3, -0.25) is 28.8 Å². The molecule has 0 saturated carbocycles. The summed E-state index contributed by atoms with van der Waals surface area (Å²) in [5.74, 6) is -3.36. The van der Waals surface area contributed by atoms with E-state index in [0.29, 0.717) is 25.8 Å². The quantitative estimate of drug-likeness (QED) is 0.144. The van der Waals surface area contributed by atoms with E-state index in [1.807, 2.05) is 27.7 Å². The second-order valence-corrected chi connectivity index (χ2v) is 10.4. The normalized spacial score (nSPS) is 17.7. The first-order valence-electron chi connectivity index (χ1n) is 12.7. The van der Waals surface area contributed by atoms with Gasteiger partial charge in [-0.25, -0.2) is 0 Å². The van der Waals surface area contributed by atoms with Gasteiger partial charge in [0, 0.05) is 13.0 Å². The van der Waals surface area contributed by atoms with E-state index in [0.717, 1.165) is 0 Å². The lowest BCUT2D eigenvalue weighted by atomic mass is 10.00. The zero-order valence-electron chi connectivity index (χ0n) is 22.2. The fourth-order valence-corrected chi connectivity index (χ4v) is 4.17. The van der Waals surface area contributed by atoms with Gasteiger partial charge in [-0.2, -0.15) is 0 Å². The fraction of sp³-hybridized carbons (Fsp3) is 0.750. The first-order valence-corrected chi connectivity index (χ1v) is 12.7. The summed E-state index contributed by atoms with van der Waals surface area (Å²) >= 11 is 0. The van der Waals surface area contributed by atoms with Crippen LogP contribution in [0.1, 0.15) is 66.2 Å². The highest BCUT2D eigenvalue weighted by Crippen LogP contribution is 2.16. The van der Waals surface area contributed by atoms with Crippen LogP contribution in [0.4, 0.5) is 0 Å². The average Bonchev–Trinajstić information content (AvgIpc) is 3.29. The Hall–Kier alpha value is -3.22. The van der Waals surface area contributed by atoms with Gasteiger partial charge in [0.1, 0.15) is 18.1 Å². The van der Waals surface area contributed by atoms with Gasteiger partial charge in [0.05, 0.1) is 12.6 Å². The third kappa shape index (κ3) is 11.1. The van der Waals surface area contributed by atoms with Gasteiger partial charge in [-0.1, -0.05) is 27.7 Å². The van der Waals surface area contributed by atoms with E-state index in [1.54, 1.807) is 0 Å². The highest BCUT2D eigenvalue weighted by atomic mass is 16.2. The van der Waals surface area contributed by atoms with Crippen molar-refractivity contribution >= 4 is 35.4 Å². The molecule has 13 heteroatoms. The molecule has 0 aliphatic carbocycles. The van der Waals surface area contributed by atoms with Gasteiger partial charge in [-0.15, -0.1) is 0 Å². The molecule has 0 spiro atoms. The van der Waals surface area contributed by atoms with Crippen LogP contribution in [0.3, 0.4) is 0 Å². The summed E-state index contributed by atoms with van der Waals surface area (Å²) in [5.41, 5.74) is 16.5. The zero-order chi connectivity index (χ0) is 28.3. The van der Waals surface area contributed by atoms with Gasteiger partial charge in [-0.05, 0) is 43.9 Å². The maximum Gasteiger partial charge on any atom is 0.243 e. The van der Waals surface area contributed by atoms with Crippen molar-refractivity contribution in [2.24, 2.45) is 29.0 Å². The molecule has 6 amide bonds. The van der Waals surface area contributed by atoms with Crippen molar-refractivity contribution < 1.29 is 28.8 Å². The number of nitrogens with zero attached hydrogens (tertiary/aromatic N) is 1. The standard InChI is InChI=1S/C24H43N7O6/c1-13(2)10-15(25)22(35)30-17(11-14(3)4)24(37)29-16(7-8-19(26)32)23(36)28-12-20(33)31-9-5-6-18(31)21(27)34/h13-18H,5-12,25H2,1-4H3,(H2,26,32)(H2,27,34)(H,28,36)(H,29,37)(H,30,35)/t15-,16-,17-,18-/m0/s1. The van der Waals surface area contributed by atoms with Crippen molar-refractivity contribution in [1.82, 2.24) is 20.9 Å². The van der Waals surface area contributed by atoms with E-state index in [9.17, 15) is 28.8 Å². The molecule has 0 bridgehead atoms. The smallest absolute Gasteiger partial charge is 0.243 e. The third-order valence-electron chi connectivity index (χ3n) is 6.03. The van der Waals surface area contributed by atoms with Crippen molar-refractivity contribution in [2.45, 2.75) is 90.4 Å². The number of carbonyl (C=O) groups is 6. The molecule has 0 unspecified atom stereocenters. The predicted molar refractivity (Wildman–Crippen MR) is 136 cm³/mol. The molecule has 13 nitrogen and oxygen atoms in total. The van der Waals surface area contributed by atoms with Crippen molar-refractivity contribution in [3.05, 3.63) is 0 Å². The molecule has 0 aromatic rings. The van der Waals surface area contributed by atoms with Gasteiger partial charge in [0.25, 0.3) is 0 Å². The second kappa shape index (κ2) is 15.1. The number of hydrogen-bond donors (Lipinski definition) is 6. The molecule has 0 aromatic carbocycles. The number of likely N-dealkylation sites (tertiary alicyclic amines) is 1. The van der Waals surface area contributed by atoms with Gasteiger partial charge in [0.15, 0.2) is 0 Å². The lowest BCUT2D eigenvalue weighted by Gasteiger charge is -2.26. The van der Waals surface area contributed by atoms with Crippen LogP contribution in [0.5, 0.6) is 0 Å². The number of nitrogens with one attached hydrogen (secondary N) is 3. The topological polar surface area (TPSA) is 220 Å². The number of carbonyl (C=O) groups excluding carboxylic acids is 6. The van der Waals surface area contributed by atoms with E-state index < -0.39 is 66.2 Å². The first-order chi connectivity index (χ1) is 17.2. The highest BCUT2D eigenvalue weighted by Gasteiger charge is 2.33. The molecule has 1 saturated heterocycles. The summed E-state index contributed by atoms with van der Waals surface area (Å²) in [6.45, 7) is 7.54. The van der Waals surface area contributed by atoms with Crippen molar-refractivity contribution in [2.75, 3.05) is 13.1 Å². The molecule has 1 rings (SSSR count). The molecule has 1 aliphatic rings. The minimum atomic E-state index is -1.19. The summed E-state index contributed by atoms with van der Waals surface area (Å²) in [6.07, 6.45) is 1.50. The first kappa shape index (κ1) is 31.8. The maximum atomic E-state index is 13.1. The van der Waals surface area contributed by atoms with Gasteiger partial charge >= 0.3 is 0 Å². The van der Waals surface area contributed by atoms with E-state index in [2.05, 4.69) is 16.0 Å². The molecule has 4 atom stereocenters. The Balaban J connectivity index is 2.89. The van der Waals surface area contributed by atoms with Crippen LogP contribution in [0, 0.1) is 11.8 Å². The Morgan fingerprint density at radius 1 is 0.865 bits per heavy atom. The van der Waals surface area contributed by atoms with Crippen LogP contribution in [0.15, 0.2) is 0 Å². The molecular formula is C24H43N7O6. The molecule has 0 aromatic heterocycles. The summed E-state index contributed by atoms with van der Waals surface area (Å²) in [4.78, 5) is 75.3. The molecule has 1 fully saturated rings. The average molecular weight is 526 g/mol. The lowest BCUT2D eigenvalue weighted by Crippen LogP contribution is -2.57. The summed E-state index contributed by atoms with van der Waals surface area (Å²) in [7, 11) is 0. The molecule has 1 heterocycles. The monoisotopic (exact) mass is 525 g/mol. The van der Waals surface area contributed by atoms with Crippen LogP contribution in [-0.4, -0.2) is 77.6 Å². The van der Waals surface area contributed by atoms with Crippen LogP contribution < -0.4 is 33.2 Å². The minimum Gasteiger partial charge on any atom is -0.370 e. The summed E-state index contributed by atoms with van der Waals surface area (Å²) in [5, 5.41) is 7.68. The second-order valence-electron chi connectivity index (χ2n) is 10.4. The lowest BCUT2D eigenvalue weighted by molar-refractivity contribution is -0.138. The summed E-state index contributed by atoms with van der Waals surface area (Å²) in [6, 6.07) is -3.67. The minimum absolute atomic E-state index is 0.0338. The fourth-order valence-electron chi connectivity index (χ4n) is 4.17. The van der Waals surface area contributed by atoms with E-state index in [4.69, 9.17) is 17.2 Å². The molecule has 1 aliphatic heterocycles. The van der Waals surface area contributed by atoms with Crippen LogP contribution >= 0.6 is 0 Å². The number of amides is 6. The van der Waals surface area contributed by atoms with Crippen molar-refractivity contribution in [3.8, 4) is 0 Å². The molecule has 9 N–H and O–H groups in total. The van der Waals surface area contributed by atoms with Crippen molar-refractivity contribution in [3.63, 3.8) is 0 Å². The Morgan fingerprint density at radius 3 is 2.00 bits per heavy atom. The number of rotatable bonds is 15. The number of hydrogen-bond acceptors (Lipinski definition) is 7. The molecule has 37 heavy (non-hydrogen) atoms. The Kier molecular flexibility index (Phi) is 13.0. The van der Waals surface area contributed by atoms with Crippen LogP contribution in [-0.2, 0) is 28.8 Å². The highest BCUT2D eigenvalue weighted by molar-refractivity contribution is 5.95. The zero-order valence-corrected chi connectivity index (χ0v) is 22.2. The number of nitrogens with two attached hydrogens (primary N) is 3. The molecule has 210 valence electrons. The third-order valence-corrected chi connectivity index (χ3v) is 6.03. The predicted octanol–water partition coefficient (Wildman–Crippen LogP) is -1.77. The number of primary amides is 2. The molecular weight excluding hydrogens is 482 g/mol. The van der Waals surface area contributed by atoms with E-state index >= 15 is 0 Å². The Labute approximate surface area is 218 Å². The largest absolute Gasteiger partial charge is 0.370 e. The maximum absolute atomic E-state index is 13.1. The van der Waals surface area contributed by atoms with Crippen molar-refractivity contribution in [1.29, 1.82) is 0 Å². The SMILES string of the molecule is CC(C)C[C@H](NC(=O)[C@@H](N)CC(C)C)C(=O)N[C@@H](CCC(N)=O)C(=O)NCC(=O)N1CCC[C@H]1C(N)=O. The summed E-state index contributed by atoms with van der Waals surface area (Å²) < 4.78 is 0. The Morgan fingerprint density at radius 2 is 1.46 bits per heavy atom. The van der Waals surface area contributed by atoms with Crippen LogP contribution in [0.25, 0.3) is 0 Å².